The van der Waals surface area contributed by atoms with Gasteiger partial charge in [-0.25, -0.2) is 8.42 Å². The normalized spacial score (nSPS) is 15.4. The SMILES string of the molecule is CCN(CC(O)c1ccccc1)C(C)CS(C)(=O)=O. The number of aliphatic hydroxyl groups excluding tert-OH is 1. The summed E-state index contributed by atoms with van der Waals surface area (Å²) in [6.07, 6.45) is 0.647. The van der Waals surface area contributed by atoms with Crippen LogP contribution in [0.25, 0.3) is 0 Å². The van der Waals surface area contributed by atoms with E-state index < -0.39 is 15.9 Å². The van der Waals surface area contributed by atoms with Crippen molar-refractivity contribution in [2.75, 3.05) is 25.1 Å². The highest BCUT2D eigenvalue weighted by molar-refractivity contribution is 7.90. The van der Waals surface area contributed by atoms with Crippen LogP contribution in [-0.2, 0) is 9.84 Å². The molecule has 1 N–H and O–H groups in total. The molecular weight excluding hydrogens is 262 g/mol. The molecule has 19 heavy (non-hydrogen) atoms. The van der Waals surface area contributed by atoms with Gasteiger partial charge < -0.3 is 5.11 Å². The first-order valence-corrected chi connectivity index (χ1v) is 8.54. The summed E-state index contributed by atoms with van der Waals surface area (Å²) in [5.41, 5.74) is 0.854. The Morgan fingerprint density at radius 3 is 2.32 bits per heavy atom. The van der Waals surface area contributed by atoms with Crippen molar-refractivity contribution in [1.82, 2.24) is 4.90 Å². The van der Waals surface area contributed by atoms with Crippen LogP contribution in [0.4, 0.5) is 0 Å². The Labute approximate surface area is 116 Å². The van der Waals surface area contributed by atoms with Crippen LogP contribution in [0.2, 0.25) is 0 Å². The van der Waals surface area contributed by atoms with Crippen LogP contribution in [0.5, 0.6) is 0 Å². The average Bonchev–Trinajstić information content (AvgIpc) is 2.34. The van der Waals surface area contributed by atoms with Gasteiger partial charge in [0, 0.05) is 18.8 Å². The Balaban J connectivity index is 2.66. The Morgan fingerprint density at radius 2 is 1.84 bits per heavy atom. The van der Waals surface area contributed by atoms with Gasteiger partial charge in [-0.3, -0.25) is 4.90 Å². The minimum absolute atomic E-state index is 0.0987. The summed E-state index contributed by atoms with van der Waals surface area (Å²) in [5.74, 6) is 0.113. The van der Waals surface area contributed by atoms with E-state index in [1.54, 1.807) is 0 Å². The van der Waals surface area contributed by atoms with E-state index in [-0.39, 0.29) is 11.8 Å². The van der Waals surface area contributed by atoms with Crippen LogP contribution in [0.15, 0.2) is 30.3 Å². The van der Waals surface area contributed by atoms with Gasteiger partial charge in [0.2, 0.25) is 0 Å². The molecule has 2 atom stereocenters. The number of hydrogen-bond donors (Lipinski definition) is 1. The molecule has 0 spiro atoms. The fourth-order valence-corrected chi connectivity index (χ4v) is 3.25. The van der Waals surface area contributed by atoms with Gasteiger partial charge in [-0.2, -0.15) is 0 Å². The molecule has 108 valence electrons. The van der Waals surface area contributed by atoms with Gasteiger partial charge >= 0.3 is 0 Å². The lowest BCUT2D eigenvalue weighted by atomic mass is 10.1. The summed E-state index contributed by atoms with van der Waals surface area (Å²) in [7, 11) is -3.00. The van der Waals surface area contributed by atoms with Crippen molar-refractivity contribution in [2.24, 2.45) is 0 Å². The summed E-state index contributed by atoms with van der Waals surface area (Å²) in [5, 5.41) is 10.2. The standard InChI is InChI=1S/C14H23NO3S/c1-4-15(12(2)11-19(3,17)18)10-14(16)13-8-6-5-7-9-13/h5-9,12,14,16H,4,10-11H2,1-3H3. The van der Waals surface area contributed by atoms with Gasteiger partial charge in [0.15, 0.2) is 0 Å². The lowest BCUT2D eigenvalue weighted by Gasteiger charge is -2.29. The number of hydrogen-bond acceptors (Lipinski definition) is 4. The predicted molar refractivity (Wildman–Crippen MR) is 77.8 cm³/mol. The summed E-state index contributed by atoms with van der Waals surface area (Å²) in [6.45, 7) is 5.00. The number of rotatable bonds is 7. The second kappa shape index (κ2) is 7.03. The summed E-state index contributed by atoms with van der Waals surface area (Å²) >= 11 is 0. The van der Waals surface area contributed by atoms with Gasteiger partial charge in [-0.15, -0.1) is 0 Å². The molecule has 0 saturated heterocycles. The maximum atomic E-state index is 11.3. The average molecular weight is 285 g/mol. The van der Waals surface area contributed by atoms with Crippen LogP contribution in [0, 0.1) is 0 Å². The number of nitrogens with zero attached hydrogens (tertiary/aromatic N) is 1. The molecule has 1 rings (SSSR count). The molecule has 0 aromatic heterocycles. The van der Waals surface area contributed by atoms with Crippen molar-refractivity contribution in [1.29, 1.82) is 0 Å². The monoisotopic (exact) mass is 285 g/mol. The van der Waals surface area contributed by atoms with E-state index in [0.717, 1.165) is 5.56 Å². The van der Waals surface area contributed by atoms with Crippen LogP contribution in [0.1, 0.15) is 25.5 Å². The molecule has 0 aliphatic heterocycles. The van der Waals surface area contributed by atoms with Gasteiger partial charge in [0.05, 0.1) is 11.9 Å². The van der Waals surface area contributed by atoms with Crippen LogP contribution >= 0.6 is 0 Å². The molecule has 2 unspecified atom stereocenters. The molecule has 1 aromatic carbocycles. The van der Waals surface area contributed by atoms with E-state index in [9.17, 15) is 13.5 Å². The summed E-state index contributed by atoms with van der Waals surface area (Å²) in [4.78, 5) is 1.98. The smallest absolute Gasteiger partial charge is 0.148 e. The fourth-order valence-electron chi connectivity index (χ4n) is 2.17. The van der Waals surface area contributed by atoms with E-state index >= 15 is 0 Å². The fraction of sp³-hybridized carbons (Fsp3) is 0.571. The lowest BCUT2D eigenvalue weighted by Crippen LogP contribution is -2.40. The van der Waals surface area contributed by atoms with Gasteiger partial charge in [0.25, 0.3) is 0 Å². The van der Waals surface area contributed by atoms with Crippen molar-refractivity contribution in [3.05, 3.63) is 35.9 Å². The molecule has 0 fully saturated rings. The van der Waals surface area contributed by atoms with Crippen molar-refractivity contribution >= 4 is 9.84 Å². The maximum Gasteiger partial charge on any atom is 0.148 e. The Hall–Kier alpha value is -0.910. The molecule has 5 heteroatoms. The first-order chi connectivity index (χ1) is 8.83. The highest BCUT2D eigenvalue weighted by Gasteiger charge is 2.20. The minimum Gasteiger partial charge on any atom is -0.387 e. The predicted octanol–water partition coefficient (Wildman–Crippen LogP) is 1.48. The molecule has 0 heterocycles. The molecule has 0 amide bonds. The van der Waals surface area contributed by atoms with Gasteiger partial charge in [-0.1, -0.05) is 37.3 Å². The van der Waals surface area contributed by atoms with E-state index in [0.29, 0.717) is 13.1 Å². The van der Waals surface area contributed by atoms with Crippen molar-refractivity contribution in [2.45, 2.75) is 26.0 Å². The van der Waals surface area contributed by atoms with Gasteiger partial charge in [-0.05, 0) is 19.0 Å². The highest BCUT2D eigenvalue weighted by Crippen LogP contribution is 2.15. The third-order valence-electron chi connectivity index (χ3n) is 3.17. The largest absolute Gasteiger partial charge is 0.387 e. The molecule has 0 aliphatic rings. The molecule has 0 radical (unpaired) electrons. The van der Waals surface area contributed by atoms with Crippen molar-refractivity contribution < 1.29 is 13.5 Å². The molecule has 0 aliphatic carbocycles. The van der Waals surface area contributed by atoms with Crippen molar-refractivity contribution in [3.63, 3.8) is 0 Å². The quantitative estimate of drug-likeness (QED) is 0.824. The number of aliphatic hydroxyl groups is 1. The molecule has 4 nitrogen and oxygen atoms in total. The van der Waals surface area contributed by atoms with E-state index in [1.807, 2.05) is 49.1 Å². The second-order valence-electron chi connectivity index (χ2n) is 4.96. The van der Waals surface area contributed by atoms with Crippen LogP contribution in [0.3, 0.4) is 0 Å². The Kier molecular flexibility index (Phi) is 5.97. The second-order valence-corrected chi connectivity index (χ2v) is 7.14. The third kappa shape index (κ3) is 5.72. The van der Waals surface area contributed by atoms with E-state index in [1.165, 1.54) is 6.26 Å². The minimum atomic E-state index is -3.00. The topological polar surface area (TPSA) is 57.6 Å². The maximum absolute atomic E-state index is 11.3. The zero-order chi connectivity index (χ0) is 14.5. The zero-order valence-corrected chi connectivity index (χ0v) is 12.6. The van der Waals surface area contributed by atoms with Gasteiger partial charge in [0.1, 0.15) is 9.84 Å². The van der Waals surface area contributed by atoms with E-state index in [2.05, 4.69) is 0 Å². The Bertz CT molecular complexity index is 473. The number of likely N-dealkylation sites (N-methyl/N-ethyl adjacent to an activating group) is 1. The van der Waals surface area contributed by atoms with E-state index in [4.69, 9.17) is 0 Å². The first kappa shape index (κ1) is 16.1. The Morgan fingerprint density at radius 1 is 1.26 bits per heavy atom. The zero-order valence-electron chi connectivity index (χ0n) is 11.8. The van der Waals surface area contributed by atoms with Crippen molar-refractivity contribution in [3.8, 4) is 0 Å². The molecular formula is C14H23NO3S. The molecule has 0 saturated carbocycles. The van der Waals surface area contributed by atoms with Crippen LogP contribution in [-0.4, -0.2) is 49.6 Å². The van der Waals surface area contributed by atoms with Crippen LogP contribution < -0.4 is 0 Å². The molecule has 0 bridgehead atoms. The number of sulfone groups is 1. The first-order valence-electron chi connectivity index (χ1n) is 6.48. The lowest BCUT2D eigenvalue weighted by molar-refractivity contribution is 0.0998. The molecule has 1 aromatic rings. The summed E-state index contributed by atoms with van der Waals surface area (Å²) in [6, 6.07) is 9.32. The third-order valence-corrected chi connectivity index (χ3v) is 4.25. The summed E-state index contributed by atoms with van der Waals surface area (Å²) < 4.78 is 22.7. The highest BCUT2D eigenvalue weighted by atomic mass is 32.2. The number of benzene rings is 1.